The Kier molecular flexibility index (Phi) is 7.99. The van der Waals surface area contributed by atoms with Gasteiger partial charge in [-0.3, -0.25) is 14.2 Å². The summed E-state index contributed by atoms with van der Waals surface area (Å²) in [4.78, 5) is 22.4. The summed E-state index contributed by atoms with van der Waals surface area (Å²) in [5, 5.41) is 16.3. The topological polar surface area (TPSA) is 133 Å². The van der Waals surface area contributed by atoms with Crippen LogP contribution in [-0.4, -0.2) is 78.7 Å². The average Bonchev–Trinajstić information content (AvgIpc) is 3.59. The highest BCUT2D eigenvalue weighted by Crippen LogP contribution is 2.54. The monoisotopic (exact) mass is 629 g/mol. The number of sulfonamides is 1. The number of aromatic nitrogens is 3. The number of aryl methyl sites for hydroxylation is 1. The lowest BCUT2D eigenvalue weighted by Gasteiger charge is -2.35. The van der Waals surface area contributed by atoms with Crippen molar-refractivity contribution >= 4 is 38.9 Å². The van der Waals surface area contributed by atoms with E-state index in [0.29, 0.717) is 28.2 Å². The number of aliphatic hydroxyl groups excluding tert-OH is 1. The molecular formula is C30H37F2N7O4S. The number of rotatable bonds is 9. The van der Waals surface area contributed by atoms with Crippen molar-refractivity contribution < 1.29 is 27.1 Å². The minimum atomic E-state index is -3.76. The summed E-state index contributed by atoms with van der Waals surface area (Å²) in [6.07, 6.45) is 7.38. The molecule has 1 spiro atoms. The molecule has 3 fully saturated rings. The zero-order chi connectivity index (χ0) is 31.1. The number of hydrogen-bond donors (Lipinski definition) is 3. The first-order valence-electron chi connectivity index (χ1n) is 14.9. The molecule has 3 N–H and O–H groups in total. The second kappa shape index (κ2) is 11.6. The number of aliphatic hydroxyl groups is 1. The standard InChI is InChI=1S/C30H37F2N7O4S/c1-37-20-21(19-33-37)23-4-5-26(34-27(23)39-14-10-30(31,32)11-15-39)35-28(41)24-3-2-22(36-44(42,43)17-16-40)18-25(24)38-12-8-29(6-7-29)9-13-38/h2-5,18-20,36,40H,6-17H2,1H3,(H,34,35,41). The van der Waals surface area contributed by atoms with Gasteiger partial charge in [0.25, 0.3) is 11.8 Å². The Hall–Kier alpha value is -3.78. The van der Waals surface area contributed by atoms with Crippen LogP contribution in [0.1, 0.15) is 48.9 Å². The molecule has 0 radical (unpaired) electrons. The molecule has 0 unspecified atom stereocenters. The predicted octanol–water partition coefficient (Wildman–Crippen LogP) is 4.08. The van der Waals surface area contributed by atoms with E-state index in [4.69, 9.17) is 10.1 Å². The zero-order valence-corrected chi connectivity index (χ0v) is 25.4. The molecule has 2 saturated heterocycles. The highest BCUT2D eigenvalue weighted by Gasteiger charge is 2.44. The van der Waals surface area contributed by atoms with Crippen molar-refractivity contribution in [3.8, 4) is 11.1 Å². The van der Waals surface area contributed by atoms with Crippen LogP contribution in [0.2, 0.25) is 0 Å². The van der Waals surface area contributed by atoms with E-state index >= 15 is 0 Å². The van der Waals surface area contributed by atoms with Crippen molar-refractivity contribution in [1.29, 1.82) is 0 Å². The van der Waals surface area contributed by atoms with Crippen molar-refractivity contribution in [1.82, 2.24) is 14.8 Å². The summed E-state index contributed by atoms with van der Waals surface area (Å²) in [5.74, 6) is -2.82. The van der Waals surface area contributed by atoms with Crippen LogP contribution in [0.4, 0.5) is 31.8 Å². The molecule has 6 rings (SSSR count). The fourth-order valence-electron chi connectivity index (χ4n) is 6.07. The summed E-state index contributed by atoms with van der Waals surface area (Å²) < 4.78 is 56.8. The maximum Gasteiger partial charge on any atom is 0.258 e. The van der Waals surface area contributed by atoms with Gasteiger partial charge in [0.2, 0.25) is 10.0 Å². The summed E-state index contributed by atoms with van der Waals surface area (Å²) in [5.41, 5.74) is 3.18. The Morgan fingerprint density at radius 3 is 2.34 bits per heavy atom. The molecule has 3 aliphatic rings. The van der Waals surface area contributed by atoms with Gasteiger partial charge in [0, 0.05) is 63.4 Å². The predicted molar refractivity (Wildman–Crippen MR) is 165 cm³/mol. The average molecular weight is 630 g/mol. The fourth-order valence-corrected chi connectivity index (χ4v) is 6.90. The van der Waals surface area contributed by atoms with Gasteiger partial charge in [-0.15, -0.1) is 0 Å². The number of hydrogen-bond acceptors (Lipinski definition) is 8. The maximum atomic E-state index is 14.0. The maximum absolute atomic E-state index is 14.0. The Labute approximate surface area is 255 Å². The molecule has 4 heterocycles. The molecule has 236 valence electrons. The smallest absolute Gasteiger partial charge is 0.258 e. The number of carbonyl (C=O) groups is 1. The van der Waals surface area contributed by atoms with Crippen LogP contribution in [-0.2, 0) is 17.1 Å². The summed E-state index contributed by atoms with van der Waals surface area (Å²) >= 11 is 0. The number of halogens is 2. The normalized spacial score (nSPS) is 19.2. The van der Waals surface area contributed by atoms with Crippen molar-refractivity contribution in [3.63, 3.8) is 0 Å². The molecule has 11 nitrogen and oxygen atoms in total. The van der Waals surface area contributed by atoms with Gasteiger partial charge in [-0.2, -0.15) is 5.10 Å². The zero-order valence-electron chi connectivity index (χ0n) is 24.6. The van der Waals surface area contributed by atoms with E-state index in [0.717, 1.165) is 37.1 Å². The Balaban J connectivity index is 1.29. The Morgan fingerprint density at radius 2 is 1.70 bits per heavy atom. The molecule has 0 atom stereocenters. The van der Waals surface area contributed by atoms with Crippen molar-refractivity contribution in [2.75, 3.05) is 58.4 Å². The van der Waals surface area contributed by atoms with Crippen LogP contribution in [0.15, 0.2) is 42.7 Å². The van der Waals surface area contributed by atoms with E-state index in [2.05, 4.69) is 20.0 Å². The first kappa shape index (κ1) is 30.3. The van der Waals surface area contributed by atoms with Crippen molar-refractivity contribution in [2.24, 2.45) is 12.5 Å². The minimum absolute atomic E-state index is 0.124. The molecule has 2 aromatic heterocycles. The number of nitrogens with zero attached hydrogens (tertiary/aromatic N) is 5. The van der Waals surface area contributed by atoms with Gasteiger partial charge in [-0.05, 0) is 61.4 Å². The molecule has 1 aromatic carbocycles. The first-order valence-corrected chi connectivity index (χ1v) is 16.5. The SMILES string of the molecule is Cn1cc(-c2ccc(NC(=O)c3ccc(NS(=O)(=O)CCO)cc3N3CCC4(CC3)CC4)nc2N2CCC(F)(F)CC2)cn1. The minimum Gasteiger partial charge on any atom is -0.395 e. The van der Waals surface area contributed by atoms with E-state index < -0.39 is 34.2 Å². The second-order valence-electron chi connectivity index (χ2n) is 12.1. The molecule has 1 amide bonds. The number of alkyl halides is 2. The van der Waals surface area contributed by atoms with Gasteiger partial charge >= 0.3 is 0 Å². The van der Waals surface area contributed by atoms with E-state index in [-0.39, 0.29) is 31.7 Å². The highest BCUT2D eigenvalue weighted by molar-refractivity contribution is 7.92. The van der Waals surface area contributed by atoms with E-state index in [1.165, 1.54) is 18.9 Å². The van der Waals surface area contributed by atoms with Gasteiger partial charge in [-0.25, -0.2) is 22.2 Å². The lowest BCUT2D eigenvalue weighted by Crippen LogP contribution is -2.40. The quantitative estimate of drug-likeness (QED) is 0.323. The lowest BCUT2D eigenvalue weighted by atomic mass is 9.93. The van der Waals surface area contributed by atoms with Crippen LogP contribution in [0.25, 0.3) is 11.1 Å². The third kappa shape index (κ3) is 6.65. The number of amides is 1. The van der Waals surface area contributed by atoms with E-state index in [1.807, 2.05) is 11.1 Å². The molecule has 3 aromatic rings. The summed E-state index contributed by atoms with van der Waals surface area (Å²) in [6, 6.07) is 8.25. The first-order chi connectivity index (χ1) is 20.9. The van der Waals surface area contributed by atoms with Crippen LogP contribution >= 0.6 is 0 Å². The Morgan fingerprint density at radius 1 is 1.00 bits per heavy atom. The van der Waals surface area contributed by atoms with E-state index in [1.54, 1.807) is 42.2 Å². The van der Waals surface area contributed by atoms with E-state index in [9.17, 15) is 22.0 Å². The van der Waals surface area contributed by atoms with Crippen LogP contribution in [0, 0.1) is 5.41 Å². The third-order valence-electron chi connectivity index (χ3n) is 8.92. The molecule has 0 bridgehead atoms. The lowest BCUT2D eigenvalue weighted by molar-refractivity contribution is -0.0221. The third-order valence-corrected chi connectivity index (χ3v) is 10.2. The van der Waals surface area contributed by atoms with Gasteiger partial charge in [0.05, 0.1) is 35.5 Å². The molecule has 14 heteroatoms. The fraction of sp³-hybridized carbons (Fsp3) is 0.500. The molecule has 1 saturated carbocycles. The molecule has 44 heavy (non-hydrogen) atoms. The molecule has 2 aliphatic heterocycles. The second-order valence-corrected chi connectivity index (χ2v) is 14.0. The largest absolute Gasteiger partial charge is 0.395 e. The van der Waals surface area contributed by atoms with Gasteiger partial charge < -0.3 is 20.2 Å². The summed E-state index contributed by atoms with van der Waals surface area (Å²) in [6.45, 7) is 1.23. The number of anilines is 4. The number of pyridine rings is 1. The summed E-state index contributed by atoms with van der Waals surface area (Å²) in [7, 11) is -1.97. The highest BCUT2D eigenvalue weighted by atomic mass is 32.2. The number of piperidine rings is 2. The Bertz CT molecular complexity index is 1640. The molecule has 1 aliphatic carbocycles. The number of carbonyl (C=O) groups excluding carboxylic acids is 1. The van der Waals surface area contributed by atoms with Gasteiger partial charge in [-0.1, -0.05) is 0 Å². The van der Waals surface area contributed by atoms with Gasteiger partial charge in [0.1, 0.15) is 11.6 Å². The van der Waals surface area contributed by atoms with Crippen LogP contribution in [0.3, 0.4) is 0 Å². The number of nitrogens with one attached hydrogen (secondary N) is 2. The number of benzene rings is 1. The van der Waals surface area contributed by atoms with Crippen molar-refractivity contribution in [3.05, 3.63) is 48.3 Å². The molecular weight excluding hydrogens is 592 g/mol. The van der Waals surface area contributed by atoms with Gasteiger partial charge in [0.15, 0.2) is 0 Å². The van der Waals surface area contributed by atoms with Crippen LogP contribution < -0.4 is 19.8 Å². The van der Waals surface area contributed by atoms with Crippen LogP contribution in [0.5, 0.6) is 0 Å². The van der Waals surface area contributed by atoms with Crippen molar-refractivity contribution in [2.45, 2.75) is 44.4 Å².